The van der Waals surface area contributed by atoms with Gasteiger partial charge in [-0.3, -0.25) is 19.0 Å². The molecule has 0 fully saturated rings. The zero-order valence-electron chi connectivity index (χ0n) is 12.1. The van der Waals surface area contributed by atoms with Gasteiger partial charge >= 0.3 is 0 Å². The summed E-state index contributed by atoms with van der Waals surface area (Å²) >= 11 is 6.22. The van der Waals surface area contributed by atoms with Crippen LogP contribution in [-0.2, 0) is 6.42 Å². The zero-order chi connectivity index (χ0) is 16.6. The van der Waals surface area contributed by atoms with Gasteiger partial charge in [-0.2, -0.15) is 0 Å². The first-order valence-corrected chi connectivity index (χ1v) is 7.27. The first-order valence-electron chi connectivity index (χ1n) is 6.90. The molecule has 7 nitrogen and oxygen atoms in total. The van der Waals surface area contributed by atoms with Gasteiger partial charge in [0.05, 0.1) is 10.7 Å². The predicted octanol–water partition coefficient (Wildman–Crippen LogP) is 2.20. The number of aromatic amines is 1. The van der Waals surface area contributed by atoms with Crippen molar-refractivity contribution < 1.29 is 9.90 Å². The number of amides is 1. The number of fused-ring (bicyclic) bond motifs is 1. The second kappa shape index (κ2) is 5.77. The Morgan fingerprint density at radius 2 is 2.26 bits per heavy atom. The summed E-state index contributed by atoms with van der Waals surface area (Å²) in [5.41, 5.74) is 0.100. The average molecular weight is 333 g/mol. The van der Waals surface area contributed by atoms with E-state index in [9.17, 15) is 14.7 Å². The highest BCUT2D eigenvalue weighted by Gasteiger charge is 2.20. The summed E-state index contributed by atoms with van der Waals surface area (Å²) < 4.78 is 1.21. The average Bonchev–Trinajstić information content (AvgIpc) is 2.98. The van der Waals surface area contributed by atoms with Gasteiger partial charge in [-0.25, -0.2) is 4.98 Å². The third kappa shape index (κ3) is 2.55. The van der Waals surface area contributed by atoms with Gasteiger partial charge in [0.15, 0.2) is 5.56 Å². The number of imidazole rings is 1. The minimum absolute atomic E-state index is 0.148. The van der Waals surface area contributed by atoms with E-state index in [0.717, 1.165) is 5.56 Å². The summed E-state index contributed by atoms with van der Waals surface area (Å²) in [5.74, 6) is -1.09. The maximum absolute atomic E-state index is 12.4. The minimum Gasteiger partial charge on any atom is -0.493 e. The molecule has 23 heavy (non-hydrogen) atoms. The number of nitrogens with one attached hydrogen (secondary N) is 2. The predicted molar refractivity (Wildman–Crippen MR) is 86.3 cm³/mol. The van der Waals surface area contributed by atoms with Gasteiger partial charge in [0.1, 0.15) is 0 Å². The molecule has 3 rings (SSSR count). The zero-order valence-corrected chi connectivity index (χ0v) is 12.9. The Kier molecular flexibility index (Phi) is 3.79. The van der Waals surface area contributed by atoms with Gasteiger partial charge in [-0.05, 0) is 18.1 Å². The van der Waals surface area contributed by atoms with Crippen LogP contribution in [0.25, 0.3) is 5.78 Å². The van der Waals surface area contributed by atoms with Crippen molar-refractivity contribution >= 4 is 29.0 Å². The highest BCUT2D eigenvalue weighted by atomic mass is 35.5. The van der Waals surface area contributed by atoms with Crippen LogP contribution in [0.5, 0.6) is 5.88 Å². The van der Waals surface area contributed by atoms with Crippen molar-refractivity contribution in [1.82, 2.24) is 14.4 Å². The van der Waals surface area contributed by atoms with Crippen LogP contribution in [0.15, 0.2) is 35.4 Å². The number of aromatic hydroxyl groups is 1. The smallest absolute Gasteiger partial charge is 0.269 e. The number of rotatable bonds is 3. The molecule has 3 N–H and O–H groups in total. The fourth-order valence-corrected chi connectivity index (χ4v) is 2.60. The summed E-state index contributed by atoms with van der Waals surface area (Å²) in [5, 5.41) is 13.1. The molecular formula is C15H13ClN4O3. The molecule has 0 unspecified atom stereocenters. The van der Waals surface area contributed by atoms with E-state index >= 15 is 0 Å². The van der Waals surface area contributed by atoms with Crippen molar-refractivity contribution in [3.63, 3.8) is 0 Å². The van der Waals surface area contributed by atoms with Crippen molar-refractivity contribution in [1.29, 1.82) is 0 Å². The van der Waals surface area contributed by atoms with Crippen LogP contribution in [0.3, 0.4) is 0 Å². The molecule has 0 radical (unpaired) electrons. The maximum Gasteiger partial charge on any atom is 0.269 e. The molecule has 8 heteroatoms. The summed E-state index contributed by atoms with van der Waals surface area (Å²) in [6.45, 7) is 1.94. The van der Waals surface area contributed by atoms with E-state index in [2.05, 4.69) is 15.3 Å². The van der Waals surface area contributed by atoms with Crippen LogP contribution in [0.1, 0.15) is 22.8 Å². The summed E-state index contributed by atoms with van der Waals surface area (Å²) in [6.07, 6.45) is 3.53. The number of carbonyl (C=O) groups excluding carboxylic acids is 1. The number of anilines is 1. The number of nitrogens with zero attached hydrogens (tertiary/aromatic N) is 2. The Labute approximate surface area is 135 Å². The van der Waals surface area contributed by atoms with Gasteiger partial charge in [0.2, 0.25) is 11.7 Å². The van der Waals surface area contributed by atoms with E-state index in [1.165, 1.54) is 16.8 Å². The second-order valence-corrected chi connectivity index (χ2v) is 5.24. The molecule has 118 valence electrons. The molecule has 0 saturated carbocycles. The van der Waals surface area contributed by atoms with Crippen molar-refractivity contribution in [2.24, 2.45) is 0 Å². The Morgan fingerprint density at radius 1 is 1.48 bits per heavy atom. The number of hydrogen-bond acceptors (Lipinski definition) is 4. The van der Waals surface area contributed by atoms with Gasteiger partial charge in [0.25, 0.3) is 11.5 Å². The van der Waals surface area contributed by atoms with Gasteiger partial charge in [-0.15, -0.1) is 0 Å². The van der Waals surface area contributed by atoms with E-state index in [0.29, 0.717) is 17.1 Å². The number of H-pyrrole nitrogens is 1. The quantitative estimate of drug-likeness (QED) is 0.684. The Balaban J connectivity index is 2.03. The van der Waals surface area contributed by atoms with E-state index in [4.69, 9.17) is 11.6 Å². The molecule has 0 atom stereocenters. The van der Waals surface area contributed by atoms with Crippen molar-refractivity contribution in [2.75, 3.05) is 5.32 Å². The molecule has 0 aliphatic heterocycles. The van der Waals surface area contributed by atoms with Crippen LogP contribution < -0.4 is 10.9 Å². The van der Waals surface area contributed by atoms with E-state index in [1.54, 1.807) is 12.1 Å². The lowest BCUT2D eigenvalue weighted by atomic mass is 10.1. The lowest BCUT2D eigenvalue weighted by molar-refractivity contribution is 0.102. The van der Waals surface area contributed by atoms with Crippen LogP contribution in [-0.4, -0.2) is 25.4 Å². The highest BCUT2D eigenvalue weighted by molar-refractivity contribution is 6.34. The number of hydrogen-bond donors (Lipinski definition) is 3. The molecule has 3 aromatic rings. The number of aryl methyl sites for hydroxylation is 1. The molecule has 2 heterocycles. The van der Waals surface area contributed by atoms with E-state index in [1.807, 2.05) is 13.0 Å². The van der Waals surface area contributed by atoms with Crippen molar-refractivity contribution in [2.45, 2.75) is 13.3 Å². The lowest BCUT2D eigenvalue weighted by Crippen LogP contribution is -2.25. The van der Waals surface area contributed by atoms with Crippen LogP contribution in [0.2, 0.25) is 5.02 Å². The van der Waals surface area contributed by atoms with Crippen LogP contribution >= 0.6 is 11.6 Å². The third-order valence-electron chi connectivity index (χ3n) is 3.48. The van der Waals surface area contributed by atoms with E-state index in [-0.39, 0.29) is 5.78 Å². The molecule has 0 aliphatic carbocycles. The Hall–Kier alpha value is -2.80. The lowest BCUT2D eigenvalue weighted by Gasteiger charge is -2.10. The Morgan fingerprint density at radius 3 is 3.00 bits per heavy atom. The molecule has 1 amide bonds. The van der Waals surface area contributed by atoms with Crippen molar-refractivity contribution in [3.05, 3.63) is 57.1 Å². The first kappa shape index (κ1) is 15.1. The van der Waals surface area contributed by atoms with Crippen LogP contribution in [0.4, 0.5) is 5.69 Å². The third-order valence-corrected chi connectivity index (χ3v) is 3.93. The fourth-order valence-electron chi connectivity index (χ4n) is 2.29. The molecule has 0 bridgehead atoms. The summed E-state index contributed by atoms with van der Waals surface area (Å²) in [7, 11) is 0. The molecular weight excluding hydrogens is 320 g/mol. The standard InChI is InChI=1S/C15H13ClN4O3/c1-2-8-4-3-5-9(11(8)16)18-12(21)10-13(22)19-15-17-6-7-20(15)14(10)23/h3-7,23H,2H2,1H3,(H,18,21)(H,17,19,22). The van der Waals surface area contributed by atoms with Gasteiger partial charge in [0, 0.05) is 12.4 Å². The molecule has 0 saturated heterocycles. The minimum atomic E-state index is -0.755. The highest BCUT2D eigenvalue weighted by Crippen LogP contribution is 2.27. The monoisotopic (exact) mass is 332 g/mol. The van der Waals surface area contributed by atoms with Gasteiger partial charge in [-0.1, -0.05) is 30.7 Å². The SMILES string of the molecule is CCc1cccc(NC(=O)c2c(O)n3ccnc3[nH]c2=O)c1Cl. The molecule has 0 spiro atoms. The van der Waals surface area contributed by atoms with Crippen LogP contribution in [0, 0.1) is 0 Å². The fraction of sp³-hybridized carbons (Fsp3) is 0.133. The molecule has 2 aromatic heterocycles. The Bertz CT molecular complexity index is 961. The van der Waals surface area contributed by atoms with E-state index < -0.39 is 22.9 Å². The number of benzene rings is 1. The largest absolute Gasteiger partial charge is 0.493 e. The maximum atomic E-state index is 12.4. The van der Waals surface area contributed by atoms with Crippen molar-refractivity contribution in [3.8, 4) is 5.88 Å². The molecule has 0 aliphatic rings. The summed E-state index contributed by atoms with van der Waals surface area (Å²) in [6, 6.07) is 5.23. The summed E-state index contributed by atoms with van der Waals surface area (Å²) in [4.78, 5) is 30.7. The number of carbonyl (C=O) groups is 1. The normalized spacial score (nSPS) is 10.9. The van der Waals surface area contributed by atoms with Gasteiger partial charge < -0.3 is 10.4 Å². The first-order chi connectivity index (χ1) is 11.0. The second-order valence-electron chi connectivity index (χ2n) is 4.86. The molecule has 1 aromatic carbocycles. The number of halogens is 1. The topological polar surface area (TPSA) is 99.5 Å². The number of aromatic nitrogens is 3.